The molecule has 0 fully saturated rings. The van der Waals surface area contributed by atoms with Gasteiger partial charge in [-0.15, -0.1) is 0 Å². The van der Waals surface area contributed by atoms with Gasteiger partial charge in [0, 0.05) is 13.1 Å². The first-order valence-electron chi connectivity index (χ1n) is 7.57. The van der Waals surface area contributed by atoms with Gasteiger partial charge in [-0.25, -0.2) is 0 Å². The molecule has 0 aliphatic heterocycles. The first-order valence-corrected chi connectivity index (χ1v) is 7.57. The van der Waals surface area contributed by atoms with Crippen molar-refractivity contribution in [2.75, 3.05) is 32.8 Å². The van der Waals surface area contributed by atoms with Crippen LogP contribution in [0.5, 0.6) is 0 Å². The molecule has 0 aromatic carbocycles. The van der Waals surface area contributed by atoms with Crippen LogP contribution in [-0.2, 0) is 9.53 Å². The van der Waals surface area contributed by atoms with Crippen LogP contribution in [0.3, 0.4) is 0 Å². The maximum Gasteiger partial charge on any atom is 0.327 e. The van der Waals surface area contributed by atoms with Crippen LogP contribution in [0.15, 0.2) is 0 Å². The molecule has 0 aliphatic rings. The highest BCUT2D eigenvalue weighted by Gasteiger charge is 2.35. The third kappa shape index (κ3) is 6.39. The lowest BCUT2D eigenvalue weighted by Gasteiger charge is -2.34. The predicted molar refractivity (Wildman–Crippen MR) is 80.3 cm³/mol. The lowest BCUT2D eigenvalue weighted by Crippen LogP contribution is -2.58. The molecule has 4 nitrogen and oxygen atoms in total. The van der Waals surface area contributed by atoms with Crippen molar-refractivity contribution >= 4 is 5.97 Å². The maximum absolute atomic E-state index is 12.2. The van der Waals surface area contributed by atoms with Gasteiger partial charge in [-0.2, -0.15) is 0 Å². The lowest BCUT2D eigenvalue weighted by atomic mass is 10.00. The Labute approximate surface area is 118 Å². The zero-order valence-electron chi connectivity index (χ0n) is 13.6. The lowest BCUT2D eigenvalue weighted by molar-refractivity contribution is -0.151. The fourth-order valence-corrected chi connectivity index (χ4v) is 2.20. The molecule has 2 unspecified atom stereocenters. The van der Waals surface area contributed by atoms with E-state index in [0.29, 0.717) is 19.1 Å². The Hall–Kier alpha value is -0.610. The average molecular weight is 272 g/mol. The summed E-state index contributed by atoms with van der Waals surface area (Å²) >= 11 is 0. The molecule has 0 saturated carbocycles. The third-order valence-electron chi connectivity index (χ3n) is 3.55. The summed E-state index contributed by atoms with van der Waals surface area (Å²) in [6.07, 6.45) is 1.16. The molecule has 0 rings (SSSR count). The number of rotatable bonds is 10. The van der Waals surface area contributed by atoms with Crippen molar-refractivity contribution in [1.82, 2.24) is 10.2 Å². The molecule has 114 valence electrons. The first-order chi connectivity index (χ1) is 8.93. The quantitative estimate of drug-likeness (QED) is 0.620. The Kier molecular flexibility index (Phi) is 9.02. The minimum absolute atomic E-state index is 0.153. The van der Waals surface area contributed by atoms with Crippen LogP contribution < -0.4 is 5.32 Å². The molecule has 0 aromatic rings. The molecule has 0 radical (unpaired) electrons. The van der Waals surface area contributed by atoms with Gasteiger partial charge in [-0.3, -0.25) is 4.79 Å². The molecule has 0 aliphatic carbocycles. The number of carbonyl (C=O) groups is 1. The van der Waals surface area contributed by atoms with E-state index in [1.807, 2.05) is 20.8 Å². The van der Waals surface area contributed by atoms with Crippen molar-refractivity contribution in [2.45, 2.75) is 53.5 Å². The summed E-state index contributed by atoms with van der Waals surface area (Å²) in [5.41, 5.74) is -0.617. The van der Waals surface area contributed by atoms with Gasteiger partial charge in [0.05, 0.1) is 6.61 Å². The summed E-state index contributed by atoms with van der Waals surface area (Å²) in [4.78, 5) is 14.5. The van der Waals surface area contributed by atoms with Crippen molar-refractivity contribution in [3.63, 3.8) is 0 Å². The smallest absolute Gasteiger partial charge is 0.327 e. The predicted octanol–water partition coefficient (Wildman–Crippen LogP) is 2.29. The standard InChI is InChI=1S/C15H32N2O2/c1-7-13(5)11-17(9-3)12-15(6,16-8-2)14(18)19-10-4/h13,16H,7-12H2,1-6H3. The fourth-order valence-electron chi connectivity index (χ4n) is 2.20. The van der Waals surface area contributed by atoms with Crippen molar-refractivity contribution in [2.24, 2.45) is 5.92 Å². The molecule has 19 heavy (non-hydrogen) atoms. The fraction of sp³-hybridized carbons (Fsp3) is 0.933. The van der Waals surface area contributed by atoms with E-state index in [0.717, 1.165) is 26.1 Å². The van der Waals surface area contributed by atoms with Crippen LogP contribution in [0.25, 0.3) is 0 Å². The van der Waals surface area contributed by atoms with Gasteiger partial charge in [0.25, 0.3) is 0 Å². The Morgan fingerprint density at radius 2 is 1.95 bits per heavy atom. The molecule has 0 amide bonds. The van der Waals surface area contributed by atoms with Crippen LogP contribution in [-0.4, -0.2) is 49.2 Å². The SMILES string of the molecule is CCNC(C)(CN(CC)CC(C)CC)C(=O)OCC. The molecule has 0 saturated heterocycles. The second kappa shape index (κ2) is 9.32. The van der Waals surface area contributed by atoms with Gasteiger partial charge in [-0.1, -0.05) is 34.1 Å². The van der Waals surface area contributed by atoms with E-state index in [2.05, 4.69) is 31.0 Å². The molecule has 4 heteroatoms. The average Bonchev–Trinajstić information content (AvgIpc) is 2.38. The molecule has 0 bridgehead atoms. The summed E-state index contributed by atoms with van der Waals surface area (Å²) in [7, 11) is 0. The highest BCUT2D eigenvalue weighted by atomic mass is 16.5. The number of likely N-dealkylation sites (N-methyl/N-ethyl adjacent to an activating group) is 2. The van der Waals surface area contributed by atoms with E-state index in [1.54, 1.807) is 0 Å². The molecule has 1 N–H and O–H groups in total. The van der Waals surface area contributed by atoms with E-state index >= 15 is 0 Å². The first kappa shape index (κ1) is 18.4. The number of hydrogen-bond donors (Lipinski definition) is 1. The van der Waals surface area contributed by atoms with Gasteiger partial charge in [0.1, 0.15) is 5.54 Å². The van der Waals surface area contributed by atoms with E-state index in [4.69, 9.17) is 4.74 Å². The van der Waals surface area contributed by atoms with Crippen molar-refractivity contribution < 1.29 is 9.53 Å². The molecule has 0 heterocycles. The van der Waals surface area contributed by atoms with Crippen molar-refractivity contribution in [3.8, 4) is 0 Å². The number of carbonyl (C=O) groups excluding carboxylic acids is 1. The second-order valence-electron chi connectivity index (χ2n) is 5.42. The van der Waals surface area contributed by atoms with Crippen LogP contribution in [0.1, 0.15) is 48.0 Å². The number of hydrogen-bond acceptors (Lipinski definition) is 4. The summed E-state index contributed by atoms with van der Waals surface area (Å²) in [6.45, 7) is 16.2. The number of nitrogens with one attached hydrogen (secondary N) is 1. The Balaban J connectivity index is 4.72. The van der Waals surface area contributed by atoms with E-state index in [-0.39, 0.29) is 5.97 Å². The maximum atomic E-state index is 12.2. The Bertz CT molecular complexity index is 259. The Morgan fingerprint density at radius 1 is 1.32 bits per heavy atom. The van der Waals surface area contributed by atoms with Crippen molar-refractivity contribution in [3.05, 3.63) is 0 Å². The monoisotopic (exact) mass is 272 g/mol. The van der Waals surface area contributed by atoms with Gasteiger partial charge >= 0.3 is 5.97 Å². The second-order valence-corrected chi connectivity index (χ2v) is 5.42. The molecular formula is C15H32N2O2. The van der Waals surface area contributed by atoms with Crippen molar-refractivity contribution in [1.29, 1.82) is 0 Å². The topological polar surface area (TPSA) is 41.6 Å². The molecule has 0 aromatic heterocycles. The van der Waals surface area contributed by atoms with Crippen LogP contribution in [0.4, 0.5) is 0 Å². The normalized spacial score (nSPS) is 16.2. The van der Waals surface area contributed by atoms with Gasteiger partial charge in [-0.05, 0) is 32.9 Å². The molecular weight excluding hydrogens is 240 g/mol. The van der Waals surface area contributed by atoms with Gasteiger partial charge < -0.3 is 15.0 Å². The molecule has 0 spiro atoms. The minimum Gasteiger partial charge on any atom is -0.465 e. The zero-order valence-corrected chi connectivity index (χ0v) is 13.6. The van der Waals surface area contributed by atoms with Crippen LogP contribution in [0.2, 0.25) is 0 Å². The number of nitrogens with zero attached hydrogens (tertiary/aromatic N) is 1. The van der Waals surface area contributed by atoms with E-state index in [1.165, 1.54) is 0 Å². The van der Waals surface area contributed by atoms with E-state index < -0.39 is 5.54 Å². The van der Waals surface area contributed by atoms with E-state index in [9.17, 15) is 4.79 Å². The van der Waals surface area contributed by atoms with Gasteiger partial charge in [0.2, 0.25) is 0 Å². The highest BCUT2D eigenvalue weighted by Crippen LogP contribution is 2.12. The van der Waals surface area contributed by atoms with Crippen LogP contribution in [0, 0.1) is 5.92 Å². The van der Waals surface area contributed by atoms with Crippen LogP contribution >= 0.6 is 0 Å². The highest BCUT2D eigenvalue weighted by molar-refractivity contribution is 5.80. The molecule has 2 atom stereocenters. The number of ether oxygens (including phenoxy) is 1. The minimum atomic E-state index is -0.617. The number of esters is 1. The largest absolute Gasteiger partial charge is 0.465 e. The third-order valence-corrected chi connectivity index (χ3v) is 3.55. The summed E-state index contributed by atoms with van der Waals surface area (Å²) in [5.74, 6) is 0.493. The zero-order chi connectivity index (χ0) is 14.9. The summed E-state index contributed by atoms with van der Waals surface area (Å²) < 4.78 is 5.21. The van der Waals surface area contributed by atoms with Gasteiger partial charge in [0.15, 0.2) is 0 Å². The summed E-state index contributed by atoms with van der Waals surface area (Å²) in [5, 5.41) is 3.28. The summed E-state index contributed by atoms with van der Waals surface area (Å²) in [6, 6.07) is 0. The Morgan fingerprint density at radius 3 is 2.37 bits per heavy atom.